The molecule has 27 heavy (non-hydrogen) atoms. The van der Waals surface area contributed by atoms with E-state index in [1.54, 1.807) is 29.6 Å². The number of nitrogens with one attached hydrogen (secondary N) is 2. The van der Waals surface area contributed by atoms with Gasteiger partial charge >= 0.3 is 0 Å². The van der Waals surface area contributed by atoms with Crippen LogP contribution in [0.5, 0.6) is 0 Å². The lowest BCUT2D eigenvalue weighted by Crippen LogP contribution is -2.15. The quantitative estimate of drug-likeness (QED) is 0.570. The molecule has 2 N–H and O–H groups in total. The van der Waals surface area contributed by atoms with Crippen molar-refractivity contribution in [3.63, 3.8) is 0 Å². The van der Waals surface area contributed by atoms with Crippen LogP contribution in [0.4, 0.5) is 10.8 Å². The largest absolute Gasteiger partial charge is 0.326 e. The third-order valence-electron chi connectivity index (χ3n) is 3.57. The molecule has 2 aromatic carbocycles. The molecular weight excluding hydrogens is 450 g/mol. The zero-order valence-corrected chi connectivity index (χ0v) is 17.5. The topological polar surface area (TPSA) is 88.2 Å². The molecule has 9 heteroatoms. The predicted molar refractivity (Wildman–Crippen MR) is 111 cm³/mol. The average molecular weight is 466 g/mol. The SMILES string of the molecule is Cc1ccc(S(=O)(=O)Nc2nc(CC(=O)Nc3ccc(Br)cc3)cs2)cc1. The number of benzene rings is 2. The monoisotopic (exact) mass is 465 g/mol. The Bertz CT molecular complexity index is 1050. The van der Waals surface area contributed by atoms with Gasteiger partial charge in [0, 0.05) is 15.5 Å². The first-order valence-electron chi connectivity index (χ1n) is 7.91. The van der Waals surface area contributed by atoms with Gasteiger partial charge in [0.15, 0.2) is 5.13 Å². The number of anilines is 2. The number of sulfonamides is 1. The molecule has 0 spiro atoms. The molecule has 3 aromatic rings. The Morgan fingerprint density at radius 1 is 1.11 bits per heavy atom. The Kier molecular flexibility index (Phi) is 5.93. The van der Waals surface area contributed by atoms with Crippen LogP contribution in [0.3, 0.4) is 0 Å². The molecule has 0 fully saturated rings. The van der Waals surface area contributed by atoms with Crippen LogP contribution in [0, 0.1) is 6.92 Å². The molecule has 1 amide bonds. The van der Waals surface area contributed by atoms with E-state index in [0.29, 0.717) is 11.4 Å². The van der Waals surface area contributed by atoms with Gasteiger partial charge in [0.1, 0.15) is 0 Å². The molecular formula is C18H16BrN3O3S2. The molecule has 0 aliphatic rings. The summed E-state index contributed by atoms with van der Waals surface area (Å²) in [5.74, 6) is -0.226. The second-order valence-corrected chi connectivity index (χ2v) is 9.25. The normalized spacial score (nSPS) is 11.2. The van der Waals surface area contributed by atoms with Gasteiger partial charge in [-0.05, 0) is 43.3 Å². The minimum absolute atomic E-state index is 0.0544. The zero-order chi connectivity index (χ0) is 19.4. The fourth-order valence-electron chi connectivity index (χ4n) is 2.23. The summed E-state index contributed by atoms with van der Waals surface area (Å²) in [5, 5.41) is 4.66. The first-order chi connectivity index (χ1) is 12.8. The standard InChI is InChI=1S/C18H16BrN3O3S2/c1-12-2-8-16(9-3-12)27(24,25)22-18-21-15(11-26-18)10-17(23)20-14-6-4-13(19)5-7-14/h2-9,11H,10H2,1H3,(H,20,23)(H,21,22). The van der Waals surface area contributed by atoms with E-state index in [-0.39, 0.29) is 22.4 Å². The van der Waals surface area contributed by atoms with Gasteiger partial charge in [-0.2, -0.15) is 0 Å². The molecule has 0 saturated heterocycles. The van der Waals surface area contributed by atoms with Gasteiger partial charge in [0.25, 0.3) is 10.0 Å². The van der Waals surface area contributed by atoms with Gasteiger partial charge in [-0.25, -0.2) is 13.4 Å². The number of thiazole rings is 1. The van der Waals surface area contributed by atoms with E-state index in [9.17, 15) is 13.2 Å². The smallest absolute Gasteiger partial charge is 0.263 e. The minimum Gasteiger partial charge on any atom is -0.326 e. The fraction of sp³-hybridized carbons (Fsp3) is 0.111. The number of hydrogen-bond acceptors (Lipinski definition) is 5. The molecule has 6 nitrogen and oxygen atoms in total. The summed E-state index contributed by atoms with van der Waals surface area (Å²) in [6, 6.07) is 13.8. The molecule has 3 rings (SSSR count). The van der Waals surface area contributed by atoms with E-state index in [4.69, 9.17) is 0 Å². The van der Waals surface area contributed by atoms with Crippen molar-refractivity contribution in [3.05, 3.63) is 69.6 Å². The average Bonchev–Trinajstić information content (AvgIpc) is 3.03. The maximum Gasteiger partial charge on any atom is 0.263 e. The number of rotatable bonds is 6. The molecule has 0 aliphatic carbocycles. The number of aryl methyl sites for hydroxylation is 1. The third kappa shape index (κ3) is 5.38. The van der Waals surface area contributed by atoms with Crippen molar-refractivity contribution >= 4 is 54.0 Å². The number of halogens is 1. The number of hydrogen-bond donors (Lipinski definition) is 2. The first kappa shape index (κ1) is 19.5. The molecule has 0 radical (unpaired) electrons. The summed E-state index contributed by atoms with van der Waals surface area (Å²) in [5.41, 5.74) is 2.15. The van der Waals surface area contributed by atoms with Crippen LogP contribution in [0.2, 0.25) is 0 Å². The third-order valence-corrected chi connectivity index (χ3v) is 6.39. The van der Waals surface area contributed by atoms with Crippen LogP contribution in [0.25, 0.3) is 0 Å². The Labute approximate surface area is 169 Å². The van der Waals surface area contributed by atoms with Crippen molar-refractivity contribution in [2.24, 2.45) is 0 Å². The Hall–Kier alpha value is -2.23. The van der Waals surface area contributed by atoms with Crippen LogP contribution in [0.15, 0.2) is 63.3 Å². The lowest BCUT2D eigenvalue weighted by atomic mass is 10.2. The minimum atomic E-state index is -3.70. The number of nitrogens with zero attached hydrogens (tertiary/aromatic N) is 1. The summed E-state index contributed by atoms with van der Waals surface area (Å²) in [6.07, 6.45) is 0.0544. The summed E-state index contributed by atoms with van der Waals surface area (Å²) in [4.78, 5) is 16.5. The van der Waals surface area contributed by atoms with Crippen LogP contribution in [0.1, 0.15) is 11.3 Å². The molecule has 0 aliphatic heterocycles. The fourth-order valence-corrected chi connectivity index (χ4v) is 4.46. The van der Waals surface area contributed by atoms with E-state index >= 15 is 0 Å². The first-order valence-corrected chi connectivity index (χ1v) is 11.1. The highest BCUT2D eigenvalue weighted by Gasteiger charge is 2.16. The van der Waals surface area contributed by atoms with Crippen molar-refractivity contribution in [1.82, 2.24) is 4.98 Å². The van der Waals surface area contributed by atoms with Crippen molar-refractivity contribution < 1.29 is 13.2 Å². The van der Waals surface area contributed by atoms with Crippen LogP contribution >= 0.6 is 27.3 Å². The van der Waals surface area contributed by atoms with Crippen molar-refractivity contribution in [3.8, 4) is 0 Å². The highest BCUT2D eigenvalue weighted by atomic mass is 79.9. The maximum atomic E-state index is 12.4. The van der Waals surface area contributed by atoms with Crippen molar-refractivity contribution in [1.29, 1.82) is 0 Å². The zero-order valence-electron chi connectivity index (χ0n) is 14.3. The van der Waals surface area contributed by atoms with E-state index in [1.807, 2.05) is 19.1 Å². The molecule has 0 bridgehead atoms. The molecule has 0 saturated carbocycles. The molecule has 1 aromatic heterocycles. The molecule has 1 heterocycles. The van der Waals surface area contributed by atoms with Crippen LogP contribution in [-0.4, -0.2) is 19.3 Å². The predicted octanol–water partition coefficient (Wildman–Crippen LogP) is 4.20. The van der Waals surface area contributed by atoms with Gasteiger partial charge < -0.3 is 5.32 Å². The van der Waals surface area contributed by atoms with E-state index in [2.05, 4.69) is 31.0 Å². The molecule has 140 valence electrons. The number of carbonyl (C=O) groups is 1. The Morgan fingerprint density at radius 2 is 1.78 bits per heavy atom. The van der Waals surface area contributed by atoms with Crippen molar-refractivity contribution in [2.45, 2.75) is 18.2 Å². The van der Waals surface area contributed by atoms with Gasteiger partial charge in [-0.15, -0.1) is 11.3 Å². The van der Waals surface area contributed by atoms with E-state index in [1.165, 1.54) is 12.1 Å². The number of aromatic nitrogens is 1. The second kappa shape index (κ2) is 8.20. The highest BCUT2D eigenvalue weighted by molar-refractivity contribution is 9.10. The van der Waals surface area contributed by atoms with Gasteiger partial charge in [-0.1, -0.05) is 33.6 Å². The Morgan fingerprint density at radius 3 is 2.44 bits per heavy atom. The molecule has 0 unspecified atom stereocenters. The van der Waals surface area contributed by atoms with E-state index < -0.39 is 10.0 Å². The summed E-state index contributed by atoms with van der Waals surface area (Å²) >= 11 is 4.47. The summed E-state index contributed by atoms with van der Waals surface area (Å²) in [6.45, 7) is 1.89. The van der Waals surface area contributed by atoms with Gasteiger partial charge in [0.05, 0.1) is 17.0 Å². The van der Waals surface area contributed by atoms with Crippen molar-refractivity contribution in [2.75, 3.05) is 10.0 Å². The lowest BCUT2D eigenvalue weighted by Gasteiger charge is -2.05. The highest BCUT2D eigenvalue weighted by Crippen LogP contribution is 2.21. The second-order valence-electron chi connectivity index (χ2n) is 5.79. The van der Waals surface area contributed by atoms with Gasteiger partial charge in [0.2, 0.25) is 5.91 Å². The lowest BCUT2D eigenvalue weighted by molar-refractivity contribution is -0.115. The maximum absolute atomic E-state index is 12.4. The summed E-state index contributed by atoms with van der Waals surface area (Å²) < 4.78 is 28.1. The van der Waals surface area contributed by atoms with Crippen LogP contribution in [-0.2, 0) is 21.2 Å². The Balaban J connectivity index is 1.63. The molecule has 0 atom stereocenters. The summed E-state index contributed by atoms with van der Waals surface area (Å²) in [7, 11) is -3.70. The van der Waals surface area contributed by atoms with Gasteiger partial charge in [-0.3, -0.25) is 9.52 Å². The number of carbonyl (C=O) groups excluding carboxylic acids is 1. The van der Waals surface area contributed by atoms with Crippen LogP contribution < -0.4 is 10.0 Å². The van der Waals surface area contributed by atoms with E-state index in [0.717, 1.165) is 21.4 Å². The number of amides is 1.